The highest BCUT2D eigenvalue weighted by molar-refractivity contribution is 5.94. The van der Waals surface area contributed by atoms with Crippen LogP contribution in [0.2, 0.25) is 0 Å². The third kappa shape index (κ3) is 3.76. The fraction of sp³-hybridized carbons (Fsp3) is 0.438. The molecule has 0 bridgehead atoms. The Hall–Kier alpha value is -1.97. The van der Waals surface area contributed by atoms with E-state index in [9.17, 15) is 4.79 Å². The van der Waals surface area contributed by atoms with Gasteiger partial charge in [-0.15, -0.1) is 0 Å². The molecule has 20 heavy (non-hydrogen) atoms. The maximum atomic E-state index is 12.1. The summed E-state index contributed by atoms with van der Waals surface area (Å²) in [5.41, 5.74) is 0.618. The van der Waals surface area contributed by atoms with Gasteiger partial charge in [0.2, 0.25) is 0 Å². The summed E-state index contributed by atoms with van der Waals surface area (Å²) >= 11 is 0. The minimum absolute atomic E-state index is 0.0806. The molecular formula is C16H21NO3. The topological polar surface area (TPSA) is 47.6 Å². The fourth-order valence-electron chi connectivity index (χ4n) is 2.00. The number of ether oxygens (including phenoxy) is 2. The van der Waals surface area contributed by atoms with Gasteiger partial charge in [-0.2, -0.15) is 0 Å². The van der Waals surface area contributed by atoms with Crippen molar-refractivity contribution in [2.75, 3.05) is 13.2 Å². The molecule has 1 heterocycles. The standard InChI is InChI=1S/C16H21NO3/c1-3-4-10-20-14-7-5-13(6-8-14)16(18)17-15-9-11-19-12(15)2/h5-8,15H,2-4,9-11H2,1H3,(H,17,18)/t15-/m1/s1. The van der Waals surface area contributed by atoms with Gasteiger partial charge < -0.3 is 14.8 Å². The van der Waals surface area contributed by atoms with Gasteiger partial charge in [-0.1, -0.05) is 19.9 Å². The molecule has 4 heteroatoms. The molecule has 0 spiro atoms. The predicted octanol–water partition coefficient (Wildman–Crippen LogP) is 2.90. The van der Waals surface area contributed by atoms with E-state index in [1.807, 2.05) is 12.1 Å². The van der Waals surface area contributed by atoms with Gasteiger partial charge in [0.25, 0.3) is 5.91 Å². The van der Waals surface area contributed by atoms with Crippen molar-refractivity contribution in [3.63, 3.8) is 0 Å². The Morgan fingerprint density at radius 2 is 2.20 bits per heavy atom. The number of carbonyl (C=O) groups is 1. The number of hydrogen-bond acceptors (Lipinski definition) is 3. The molecule has 0 aromatic heterocycles. The summed E-state index contributed by atoms with van der Waals surface area (Å²) in [4.78, 5) is 12.1. The van der Waals surface area contributed by atoms with Gasteiger partial charge in [-0.05, 0) is 30.7 Å². The van der Waals surface area contributed by atoms with Gasteiger partial charge in [0.15, 0.2) is 0 Å². The third-order valence-electron chi connectivity index (χ3n) is 3.27. The number of carbonyl (C=O) groups excluding carboxylic acids is 1. The first-order valence-corrected chi connectivity index (χ1v) is 7.06. The van der Waals surface area contributed by atoms with Crippen LogP contribution in [0.1, 0.15) is 36.5 Å². The minimum Gasteiger partial charge on any atom is -0.496 e. The SMILES string of the molecule is C=C1OCC[C@H]1NC(=O)c1ccc(OCCCC)cc1. The van der Waals surface area contributed by atoms with Crippen LogP contribution in [0, 0.1) is 0 Å². The van der Waals surface area contributed by atoms with Crippen LogP contribution in [0.25, 0.3) is 0 Å². The summed E-state index contributed by atoms with van der Waals surface area (Å²) in [5, 5.41) is 2.91. The van der Waals surface area contributed by atoms with Crippen LogP contribution in [-0.2, 0) is 4.74 Å². The van der Waals surface area contributed by atoms with E-state index in [-0.39, 0.29) is 11.9 Å². The number of rotatable bonds is 6. The Labute approximate surface area is 119 Å². The Kier molecular flexibility index (Phi) is 5.04. The first-order chi connectivity index (χ1) is 9.70. The average Bonchev–Trinajstić information content (AvgIpc) is 2.85. The molecule has 0 aliphatic carbocycles. The molecule has 1 atom stereocenters. The summed E-state index contributed by atoms with van der Waals surface area (Å²) in [6, 6.07) is 7.11. The molecule has 1 N–H and O–H groups in total. The Balaban J connectivity index is 1.88. The van der Waals surface area contributed by atoms with Gasteiger partial charge in [0.05, 0.1) is 19.3 Å². The van der Waals surface area contributed by atoms with Gasteiger partial charge >= 0.3 is 0 Å². The van der Waals surface area contributed by atoms with Crippen LogP contribution in [-0.4, -0.2) is 25.2 Å². The van der Waals surface area contributed by atoms with E-state index in [2.05, 4.69) is 18.8 Å². The summed E-state index contributed by atoms with van der Waals surface area (Å²) < 4.78 is 10.8. The molecule has 1 aliphatic rings. The van der Waals surface area contributed by atoms with Crippen LogP contribution in [0.4, 0.5) is 0 Å². The van der Waals surface area contributed by atoms with Crippen molar-refractivity contribution in [2.24, 2.45) is 0 Å². The summed E-state index contributed by atoms with van der Waals surface area (Å²) in [6.45, 7) is 7.23. The first kappa shape index (κ1) is 14.4. The van der Waals surface area contributed by atoms with E-state index in [1.165, 1.54) is 0 Å². The van der Waals surface area contributed by atoms with Crippen LogP contribution in [0.3, 0.4) is 0 Å². The molecule has 108 valence electrons. The van der Waals surface area contributed by atoms with E-state index in [0.29, 0.717) is 24.5 Å². The Morgan fingerprint density at radius 1 is 1.45 bits per heavy atom. The van der Waals surface area contributed by atoms with Crippen molar-refractivity contribution in [2.45, 2.75) is 32.2 Å². The zero-order valence-electron chi connectivity index (χ0n) is 11.9. The lowest BCUT2D eigenvalue weighted by atomic mass is 10.1. The second kappa shape index (κ2) is 6.98. The van der Waals surface area contributed by atoms with E-state index >= 15 is 0 Å². The average molecular weight is 275 g/mol. The van der Waals surface area contributed by atoms with Crippen LogP contribution in [0.15, 0.2) is 36.6 Å². The van der Waals surface area contributed by atoms with Crippen LogP contribution in [0.5, 0.6) is 5.75 Å². The number of hydrogen-bond donors (Lipinski definition) is 1. The second-order valence-electron chi connectivity index (χ2n) is 4.86. The van der Waals surface area contributed by atoms with Gasteiger partial charge in [0, 0.05) is 12.0 Å². The molecule has 1 amide bonds. The van der Waals surface area contributed by atoms with Crippen LogP contribution >= 0.6 is 0 Å². The van der Waals surface area contributed by atoms with Crippen molar-refractivity contribution in [3.05, 3.63) is 42.2 Å². The summed E-state index contributed by atoms with van der Waals surface area (Å²) in [5.74, 6) is 1.32. The molecule has 2 rings (SSSR count). The first-order valence-electron chi connectivity index (χ1n) is 7.06. The Bertz CT molecular complexity index is 467. The summed E-state index contributed by atoms with van der Waals surface area (Å²) in [7, 11) is 0. The highest BCUT2D eigenvalue weighted by Gasteiger charge is 2.22. The van der Waals surface area contributed by atoms with Crippen molar-refractivity contribution >= 4 is 5.91 Å². The van der Waals surface area contributed by atoms with E-state index in [4.69, 9.17) is 9.47 Å². The monoisotopic (exact) mass is 275 g/mol. The highest BCUT2D eigenvalue weighted by atomic mass is 16.5. The minimum atomic E-state index is -0.109. The quantitative estimate of drug-likeness (QED) is 0.812. The highest BCUT2D eigenvalue weighted by Crippen LogP contribution is 2.17. The fourth-order valence-corrected chi connectivity index (χ4v) is 2.00. The maximum Gasteiger partial charge on any atom is 0.251 e. The van der Waals surface area contributed by atoms with E-state index in [1.54, 1.807) is 12.1 Å². The van der Waals surface area contributed by atoms with Gasteiger partial charge in [0.1, 0.15) is 11.5 Å². The molecule has 4 nitrogen and oxygen atoms in total. The van der Waals surface area contributed by atoms with Crippen molar-refractivity contribution in [3.8, 4) is 5.75 Å². The zero-order chi connectivity index (χ0) is 14.4. The normalized spacial score (nSPS) is 17.6. The molecule has 1 aromatic rings. The maximum absolute atomic E-state index is 12.1. The molecule has 0 unspecified atom stereocenters. The smallest absolute Gasteiger partial charge is 0.251 e. The second-order valence-corrected chi connectivity index (χ2v) is 4.86. The predicted molar refractivity (Wildman–Crippen MR) is 77.8 cm³/mol. The van der Waals surface area contributed by atoms with E-state index in [0.717, 1.165) is 25.0 Å². The largest absolute Gasteiger partial charge is 0.496 e. The molecular weight excluding hydrogens is 254 g/mol. The third-order valence-corrected chi connectivity index (χ3v) is 3.27. The summed E-state index contributed by atoms with van der Waals surface area (Å²) in [6.07, 6.45) is 2.92. The lowest BCUT2D eigenvalue weighted by Crippen LogP contribution is -2.33. The number of benzene rings is 1. The zero-order valence-corrected chi connectivity index (χ0v) is 11.9. The van der Waals surface area contributed by atoms with Crippen molar-refractivity contribution in [1.82, 2.24) is 5.32 Å². The lowest BCUT2D eigenvalue weighted by Gasteiger charge is -2.12. The van der Waals surface area contributed by atoms with Gasteiger partial charge in [-0.25, -0.2) is 0 Å². The number of unbranched alkanes of at least 4 members (excludes halogenated alkanes) is 1. The molecule has 1 saturated heterocycles. The molecule has 1 fully saturated rings. The Morgan fingerprint density at radius 3 is 2.80 bits per heavy atom. The number of amides is 1. The number of nitrogens with one attached hydrogen (secondary N) is 1. The molecule has 0 radical (unpaired) electrons. The van der Waals surface area contributed by atoms with Crippen molar-refractivity contribution < 1.29 is 14.3 Å². The molecule has 1 aliphatic heterocycles. The lowest BCUT2D eigenvalue weighted by molar-refractivity contribution is 0.0941. The molecule has 0 saturated carbocycles. The van der Waals surface area contributed by atoms with Crippen LogP contribution < -0.4 is 10.1 Å². The van der Waals surface area contributed by atoms with Gasteiger partial charge in [-0.3, -0.25) is 4.79 Å². The van der Waals surface area contributed by atoms with E-state index < -0.39 is 0 Å². The van der Waals surface area contributed by atoms with Crippen molar-refractivity contribution in [1.29, 1.82) is 0 Å². The molecule has 1 aromatic carbocycles.